The van der Waals surface area contributed by atoms with Crippen molar-refractivity contribution in [3.8, 4) is 0 Å². The highest BCUT2D eigenvalue weighted by molar-refractivity contribution is 6.01. The van der Waals surface area contributed by atoms with E-state index in [1.165, 1.54) is 30.3 Å². The van der Waals surface area contributed by atoms with Crippen molar-refractivity contribution >= 4 is 23.2 Å². The van der Waals surface area contributed by atoms with Gasteiger partial charge in [0.1, 0.15) is 6.54 Å². The van der Waals surface area contributed by atoms with Crippen LogP contribution in [-0.4, -0.2) is 28.0 Å². The monoisotopic (exact) mass is 362 g/mol. The molecular weight excluding hydrogens is 342 g/mol. The highest BCUT2D eigenvalue weighted by atomic mass is 19.3. The maximum absolute atomic E-state index is 12.5. The molecular formula is C18H20F2N4O2. The first kappa shape index (κ1) is 19.3. The lowest BCUT2D eigenvalue weighted by molar-refractivity contribution is -0.115. The molecule has 0 fully saturated rings. The van der Waals surface area contributed by atoms with Crippen molar-refractivity contribution in [1.29, 1.82) is 0 Å². The molecule has 0 radical (unpaired) electrons. The number of halogens is 2. The number of benzene rings is 1. The summed E-state index contributed by atoms with van der Waals surface area (Å²) in [7, 11) is 0. The van der Waals surface area contributed by atoms with Crippen molar-refractivity contribution in [3.05, 3.63) is 54.4 Å². The van der Waals surface area contributed by atoms with Gasteiger partial charge in [-0.1, -0.05) is 12.6 Å². The molecule has 138 valence electrons. The van der Waals surface area contributed by atoms with Gasteiger partial charge in [0.05, 0.1) is 12.7 Å². The molecule has 0 saturated carbocycles. The second-order valence-corrected chi connectivity index (χ2v) is 5.77. The van der Waals surface area contributed by atoms with Crippen LogP contribution in [0.2, 0.25) is 0 Å². The van der Waals surface area contributed by atoms with Gasteiger partial charge in [0.25, 0.3) is 12.3 Å². The Morgan fingerprint density at radius 2 is 2.15 bits per heavy atom. The lowest BCUT2D eigenvalue weighted by Crippen LogP contribution is -2.28. The zero-order valence-corrected chi connectivity index (χ0v) is 14.6. The van der Waals surface area contributed by atoms with Crippen LogP contribution >= 0.6 is 0 Å². The smallest absolute Gasteiger partial charge is 0.257 e. The molecule has 0 unspecified atom stereocenters. The van der Waals surface area contributed by atoms with Gasteiger partial charge in [-0.05, 0) is 30.7 Å². The van der Waals surface area contributed by atoms with E-state index in [1.807, 2.05) is 6.92 Å². The minimum atomic E-state index is -2.51. The van der Waals surface area contributed by atoms with Crippen molar-refractivity contribution in [1.82, 2.24) is 9.78 Å². The van der Waals surface area contributed by atoms with Crippen LogP contribution in [0.4, 0.5) is 20.2 Å². The molecule has 8 heteroatoms. The van der Waals surface area contributed by atoms with Crippen molar-refractivity contribution in [2.45, 2.75) is 33.4 Å². The summed E-state index contributed by atoms with van der Waals surface area (Å²) in [6, 6.07) is 5.21. The number of alkyl halides is 2. The van der Waals surface area contributed by atoms with Crippen LogP contribution in [0.15, 0.2) is 43.2 Å². The first-order valence-electron chi connectivity index (χ1n) is 7.91. The average molecular weight is 362 g/mol. The number of hydrogen-bond donors (Lipinski definition) is 1. The Labute approximate surface area is 150 Å². The molecule has 0 atom stereocenters. The van der Waals surface area contributed by atoms with Gasteiger partial charge >= 0.3 is 0 Å². The van der Waals surface area contributed by atoms with Crippen LogP contribution in [0.25, 0.3) is 0 Å². The van der Waals surface area contributed by atoms with Crippen LogP contribution < -0.4 is 10.2 Å². The Hall–Kier alpha value is -3.03. The molecule has 1 aromatic carbocycles. The standard InChI is InChI=1S/C18H20F2N4O2/c1-4-18(26)24(10-14-8-21-23(9-14)11-17(19)20)15-6-5-12(2)16(7-15)22-13(3)25/h4-9,17H,1,10-11H2,2-3H3,(H,22,25). The molecule has 2 rings (SSSR count). The van der Waals surface area contributed by atoms with E-state index in [1.54, 1.807) is 18.2 Å². The minimum Gasteiger partial charge on any atom is -0.326 e. The van der Waals surface area contributed by atoms with E-state index in [2.05, 4.69) is 17.0 Å². The van der Waals surface area contributed by atoms with E-state index in [-0.39, 0.29) is 18.4 Å². The molecule has 2 amide bonds. The van der Waals surface area contributed by atoms with E-state index in [4.69, 9.17) is 0 Å². The molecule has 0 aliphatic rings. The summed E-state index contributed by atoms with van der Waals surface area (Å²) in [5.41, 5.74) is 2.58. The quantitative estimate of drug-likeness (QED) is 0.770. The van der Waals surface area contributed by atoms with Crippen LogP contribution in [0.1, 0.15) is 18.1 Å². The molecule has 2 aromatic rings. The molecule has 0 spiro atoms. The van der Waals surface area contributed by atoms with Crippen LogP contribution in [-0.2, 0) is 22.7 Å². The summed E-state index contributed by atoms with van der Waals surface area (Å²) in [6.07, 6.45) is 1.57. The van der Waals surface area contributed by atoms with Gasteiger partial charge < -0.3 is 10.2 Å². The van der Waals surface area contributed by atoms with Crippen molar-refractivity contribution in [3.63, 3.8) is 0 Å². The van der Waals surface area contributed by atoms with E-state index in [0.29, 0.717) is 16.9 Å². The van der Waals surface area contributed by atoms with Gasteiger partial charge in [-0.3, -0.25) is 14.3 Å². The van der Waals surface area contributed by atoms with Crippen LogP contribution in [0.3, 0.4) is 0 Å². The Morgan fingerprint density at radius 3 is 2.77 bits per heavy atom. The summed E-state index contributed by atoms with van der Waals surface area (Å²) in [5, 5.41) is 6.59. The van der Waals surface area contributed by atoms with Crippen molar-refractivity contribution < 1.29 is 18.4 Å². The number of hydrogen-bond acceptors (Lipinski definition) is 3. The Kier molecular flexibility index (Phi) is 6.21. The highest BCUT2D eigenvalue weighted by Gasteiger charge is 2.16. The largest absolute Gasteiger partial charge is 0.326 e. The number of rotatable bonds is 7. The summed E-state index contributed by atoms with van der Waals surface area (Å²) in [5.74, 6) is -0.579. The van der Waals surface area contributed by atoms with Gasteiger partial charge in [-0.25, -0.2) is 8.78 Å². The zero-order valence-electron chi connectivity index (χ0n) is 14.6. The molecule has 26 heavy (non-hydrogen) atoms. The second-order valence-electron chi connectivity index (χ2n) is 5.77. The van der Waals surface area contributed by atoms with Gasteiger partial charge in [0.2, 0.25) is 5.91 Å². The number of carbonyl (C=O) groups is 2. The number of aromatic nitrogens is 2. The van der Waals surface area contributed by atoms with E-state index < -0.39 is 13.0 Å². The number of nitrogens with zero attached hydrogens (tertiary/aromatic N) is 3. The van der Waals surface area contributed by atoms with Gasteiger partial charge in [0, 0.05) is 30.1 Å². The summed E-state index contributed by atoms with van der Waals surface area (Å²) < 4.78 is 26.0. The summed E-state index contributed by atoms with van der Waals surface area (Å²) >= 11 is 0. The first-order valence-corrected chi connectivity index (χ1v) is 7.91. The molecule has 6 nitrogen and oxygen atoms in total. The molecule has 1 N–H and O–H groups in total. The Morgan fingerprint density at radius 1 is 1.42 bits per heavy atom. The first-order chi connectivity index (χ1) is 12.3. The third kappa shape index (κ3) is 4.98. The van der Waals surface area contributed by atoms with Crippen LogP contribution in [0, 0.1) is 6.92 Å². The van der Waals surface area contributed by atoms with Gasteiger partial charge in [0.15, 0.2) is 0 Å². The van der Waals surface area contributed by atoms with E-state index in [0.717, 1.165) is 10.2 Å². The van der Waals surface area contributed by atoms with Crippen LogP contribution in [0.5, 0.6) is 0 Å². The second kappa shape index (κ2) is 8.37. The fourth-order valence-corrected chi connectivity index (χ4v) is 2.42. The van der Waals surface area contributed by atoms with Gasteiger partial charge in [-0.15, -0.1) is 0 Å². The molecule has 0 aliphatic heterocycles. The third-order valence-corrected chi connectivity index (χ3v) is 3.64. The lowest BCUT2D eigenvalue weighted by Gasteiger charge is -2.22. The predicted molar refractivity (Wildman–Crippen MR) is 95.1 cm³/mol. The number of aryl methyl sites for hydroxylation is 1. The summed E-state index contributed by atoms with van der Waals surface area (Å²) in [4.78, 5) is 25.1. The number of anilines is 2. The molecule has 0 saturated heterocycles. The SMILES string of the molecule is C=CC(=O)N(Cc1cnn(CC(F)F)c1)c1ccc(C)c(NC(C)=O)c1. The summed E-state index contributed by atoms with van der Waals surface area (Å²) in [6.45, 7) is 6.36. The molecule has 1 heterocycles. The maximum atomic E-state index is 12.5. The normalized spacial score (nSPS) is 10.7. The topological polar surface area (TPSA) is 67.2 Å². The van der Waals surface area contributed by atoms with Crippen molar-refractivity contribution in [2.24, 2.45) is 0 Å². The Balaban J connectivity index is 2.30. The van der Waals surface area contributed by atoms with E-state index >= 15 is 0 Å². The minimum absolute atomic E-state index is 0.136. The average Bonchev–Trinajstić information content (AvgIpc) is 3.00. The molecule has 1 aromatic heterocycles. The maximum Gasteiger partial charge on any atom is 0.257 e. The third-order valence-electron chi connectivity index (χ3n) is 3.64. The number of carbonyl (C=O) groups excluding carboxylic acids is 2. The lowest BCUT2D eigenvalue weighted by atomic mass is 10.1. The molecule has 0 bridgehead atoms. The fourth-order valence-electron chi connectivity index (χ4n) is 2.42. The van der Waals surface area contributed by atoms with Gasteiger partial charge in [-0.2, -0.15) is 5.10 Å². The number of amides is 2. The molecule has 0 aliphatic carbocycles. The zero-order chi connectivity index (χ0) is 19.3. The number of nitrogens with one attached hydrogen (secondary N) is 1. The predicted octanol–water partition coefficient (Wildman–Crippen LogP) is 3.13. The highest BCUT2D eigenvalue weighted by Crippen LogP contribution is 2.25. The van der Waals surface area contributed by atoms with E-state index in [9.17, 15) is 18.4 Å². The fraction of sp³-hybridized carbons (Fsp3) is 0.278. The van der Waals surface area contributed by atoms with Crippen molar-refractivity contribution in [2.75, 3.05) is 10.2 Å². The Bertz CT molecular complexity index is 817.